The van der Waals surface area contributed by atoms with Gasteiger partial charge >= 0.3 is 6.43 Å². The summed E-state index contributed by atoms with van der Waals surface area (Å²) in [7, 11) is 1.34. The number of hydrogen-bond acceptors (Lipinski definition) is 3. The molecular weight excluding hydrogens is 220 g/mol. The van der Waals surface area contributed by atoms with Gasteiger partial charge in [0.05, 0.1) is 12.8 Å². The van der Waals surface area contributed by atoms with E-state index >= 15 is 0 Å². The van der Waals surface area contributed by atoms with Crippen LogP contribution in [-0.2, 0) is 4.79 Å². The van der Waals surface area contributed by atoms with Gasteiger partial charge in [-0.1, -0.05) is 0 Å². The average Bonchev–Trinajstić information content (AvgIpc) is 2.22. The fourth-order valence-electron chi connectivity index (χ4n) is 1.12. The Bertz CT molecular complexity index is 407. The highest BCUT2D eigenvalue weighted by Gasteiger charge is 2.17. The molecule has 1 aromatic rings. The van der Waals surface area contributed by atoms with E-state index in [0.29, 0.717) is 5.56 Å². The van der Waals surface area contributed by atoms with Crippen molar-refractivity contribution >= 4 is 11.6 Å². The van der Waals surface area contributed by atoms with Gasteiger partial charge in [0, 0.05) is 6.07 Å². The van der Waals surface area contributed by atoms with E-state index in [2.05, 4.69) is 0 Å². The van der Waals surface area contributed by atoms with Gasteiger partial charge in [-0.3, -0.25) is 4.79 Å². The smallest absolute Gasteiger partial charge is 0.315 e. The van der Waals surface area contributed by atoms with Gasteiger partial charge in [0.1, 0.15) is 11.5 Å². The Kier molecular flexibility index (Phi) is 3.65. The molecular formula is C10H11F2NO3. The third kappa shape index (κ3) is 2.59. The SMILES string of the molecule is COc1cc(C)c(O)cc1NC(=O)C(F)F. The summed E-state index contributed by atoms with van der Waals surface area (Å²) in [4.78, 5) is 10.8. The number of carbonyl (C=O) groups is 1. The van der Waals surface area contributed by atoms with E-state index in [9.17, 15) is 18.7 Å². The summed E-state index contributed by atoms with van der Waals surface area (Å²) in [5, 5.41) is 11.3. The maximum absolute atomic E-state index is 12.0. The number of alkyl halides is 2. The Morgan fingerprint density at radius 2 is 2.12 bits per heavy atom. The third-order valence-corrected chi connectivity index (χ3v) is 1.97. The third-order valence-electron chi connectivity index (χ3n) is 1.97. The standard InChI is InChI=1S/C10H11F2NO3/c1-5-3-8(16-2)6(4-7(5)14)13-10(15)9(11)12/h3-4,9,14H,1-2H3,(H,13,15). The van der Waals surface area contributed by atoms with E-state index in [1.807, 2.05) is 5.32 Å². The Morgan fingerprint density at radius 1 is 1.50 bits per heavy atom. The van der Waals surface area contributed by atoms with Crippen molar-refractivity contribution in [3.63, 3.8) is 0 Å². The van der Waals surface area contributed by atoms with Crippen LogP contribution >= 0.6 is 0 Å². The van der Waals surface area contributed by atoms with E-state index in [1.54, 1.807) is 6.92 Å². The highest BCUT2D eigenvalue weighted by atomic mass is 19.3. The largest absolute Gasteiger partial charge is 0.508 e. The lowest BCUT2D eigenvalue weighted by Crippen LogP contribution is -2.20. The number of methoxy groups -OCH3 is 1. The van der Waals surface area contributed by atoms with Crippen molar-refractivity contribution in [3.05, 3.63) is 17.7 Å². The molecule has 1 rings (SSSR count). The van der Waals surface area contributed by atoms with Gasteiger partial charge in [-0.05, 0) is 18.6 Å². The molecule has 0 aliphatic heterocycles. The number of amides is 1. The molecule has 6 heteroatoms. The topological polar surface area (TPSA) is 58.6 Å². The number of aromatic hydroxyl groups is 1. The molecule has 0 radical (unpaired) electrons. The molecule has 0 aromatic heterocycles. The minimum Gasteiger partial charge on any atom is -0.508 e. The molecule has 0 saturated carbocycles. The first-order valence-electron chi connectivity index (χ1n) is 4.42. The maximum Gasteiger partial charge on any atom is 0.315 e. The number of hydrogen-bond donors (Lipinski definition) is 2. The second kappa shape index (κ2) is 4.78. The van der Waals surface area contributed by atoms with Gasteiger partial charge in [0.15, 0.2) is 0 Å². The molecule has 88 valence electrons. The number of ether oxygens (including phenoxy) is 1. The van der Waals surface area contributed by atoms with E-state index in [0.717, 1.165) is 6.07 Å². The molecule has 0 heterocycles. The van der Waals surface area contributed by atoms with Crippen LogP contribution in [0.1, 0.15) is 5.56 Å². The van der Waals surface area contributed by atoms with Gasteiger partial charge in [-0.25, -0.2) is 0 Å². The quantitative estimate of drug-likeness (QED) is 0.835. The summed E-state index contributed by atoms with van der Waals surface area (Å²) in [6.45, 7) is 1.62. The van der Waals surface area contributed by atoms with E-state index in [1.165, 1.54) is 13.2 Å². The molecule has 1 aromatic carbocycles. The number of rotatable bonds is 3. The zero-order valence-corrected chi connectivity index (χ0v) is 8.75. The number of aryl methyl sites for hydroxylation is 1. The fraction of sp³-hybridized carbons (Fsp3) is 0.300. The maximum atomic E-state index is 12.0. The molecule has 0 aliphatic carbocycles. The number of anilines is 1. The van der Waals surface area contributed by atoms with Crippen molar-refractivity contribution in [2.24, 2.45) is 0 Å². The van der Waals surface area contributed by atoms with Crippen LogP contribution in [0.5, 0.6) is 11.5 Å². The number of benzene rings is 1. The van der Waals surface area contributed by atoms with E-state index < -0.39 is 12.3 Å². The van der Waals surface area contributed by atoms with Crippen molar-refractivity contribution in [3.8, 4) is 11.5 Å². The molecule has 0 spiro atoms. The molecule has 0 bridgehead atoms. The number of carbonyl (C=O) groups excluding carboxylic acids is 1. The summed E-state index contributed by atoms with van der Waals surface area (Å²) in [5.41, 5.74) is 0.530. The van der Waals surface area contributed by atoms with Crippen molar-refractivity contribution in [2.75, 3.05) is 12.4 Å². The first-order chi connectivity index (χ1) is 7.45. The number of phenols is 1. The number of nitrogens with one attached hydrogen (secondary N) is 1. The zero-order valence-electron chi connectivity index (χ0n) is 8.75. The lowest BCUT2D eigenvalue weighted by Gasteiger charge is -2.11. The van der Waals surface area contributed by atoms with E-state index in [-0.39, 0.29) is 17.2 Å². The second-order valence-corrected chi connectivity index (χ2v) is 3.13. The molecule has 0 saturated heterocycles. The van der Waals surface area contributed by atoms with Crippen LogP contribution in [0.15, 0.2) is 12.1 Å². The Balaban J connectivity index is 3.03. The Labute approximate surface area is 90.8 Å². The highest BCUT2D eigenvalue weighted by Crippen LogP contribution is 2.31. The van der Waals surface area contributed by atoms with Gasteiger partial charge in [-0.15, -0.1) is 0 Å². The normalized spacial score (nSPS) is 10.3. The van der Waals surface area contributed by atoms with Crippen LogP contribution in [-0.4, -0.2) is 24.5 Å². The van der Waals surface area contributed by atoms with Crippen LogP contribution in [0.3, 0.4) is 0 Å². The van der Waals surface area contributed by atoms with Crippen LogP contribution < -0.4 is 10.1 Å². The molecule has 0 atom stereocenters. The van der Waals surface area contributed by atoms with Crippen molar-refractivity contribution in [1.82, 2.24) is 0 Å². The highest BCUT2D eigenvalue weighted by molar-refractivity contribution is 5.94. The Hall–Kier alpha value is -1.85. The first-order valence-corrected chi connectivity index (χ1v) is 4.42. The minimum absolute atomic E-state index is 0.0101. The molecule has 1 amide bonds. The van der Waals surface area contributed by atoms with Crippen molar-refractivity contribution in [2.45, 2.75) is 13.3 Å². The van der Waals surface area contributed by atoms with Crippen molar-refractivity contribution in [1.29, 1.82) is 0 Å². The van der Waals surface area contributed by atoms with Gasteiger partial charge < -0.3 is 15.2 Å². The molecule has 0 fully saturated rings. The molecule has 2 N–H and O–H groups in total. The molecule has 0 aliphatic rings. The summed E-state index contributed by atoms with van der Waals surface area (Å²) < 4.78 is 28.9. The predicted octanol–water partition coefficient (Wildman–Crippen LogP) is 1.91. The van der Waals surface area contributed by atoms with Gasteiger partial charge in [0.25, 0.3) is 5.91 Å². The number of halogens is 2. The fourth-order valence-corrected chi connectivity index (χ4v) is 1.12. The first kappa shape index (κ1) is 12.2. The van der Waals surface area contributed by atoms with Crippen LogP contribution in [0, 0.1) is 6.92 Å². The van der Waals surface area contributed by atoms with Crippen LogP contribution in [0.2, 0.25) is 0 Å². The summed E-state index contributed by atoms with van der Waals surface area (Å²) in [5.74, 6) is -1.34. The molecule has 16 heavy (non-hydrogen) atoms. The lowest BCUT2D eigenvalue weighted by atomic mass is 10.2. The lowest BCUT2D eigenvalue weighted by molar-refractivity contribution is -0.126. The summed E-state index contributed by atoms with van der Waals surface area (Å²) in [6.07, 6.45) is -3.12. The summed E-state index contributed by atoms with van der Waals surface area (Å²) >= 11 is 0. The molecule has 4 nitrogen and oxygen atoms in total. The second-order valence-electron chi connectivity index (χ2n) is 3.13. The number of phenolic OH excluding ortho intramolecular Hbond substituents is 1. The monoisotopic (exact) mass is 231 g/mol. The molecule has 0 unspecified atom stereocenters. The van der Waals surface area contributed by atoms with Crippen LogP contribution in [0.4, 0.5) is 14.5 Å². The zero-order chi connectivity index (χ0) is 12.3. The van der Waals surface area contributed by atoms with Gasteiger partial charge in [0.2, 0.25) is 0 Å². The Morgan fingerprint density at radius 3 is 2.62 bits per heavy atom. The predicted molar refractivity (Wildman–Crippen MR) is 54.0 cm³/mol. The minimum atomic E-state index is -3.12. The van der Waals surface area contributed by atoms with Gasteiger partial charge in [-0.2, -0.15) is 8.78 Å². The van der Waals surface area contributed by atoms with Crippen LogP contribution in [0.25, 0.3) is 0 Å². The average molecular weight is 231 g/mol. The summed E-state index contributed by atoms with van der Waals surface area (Å²) in [6, 6.07) is 2.60. The van der Waals surface area contributed by atoms with E-state index in [4.69, 9.17) is 4.74 Å². The van der Waals surface area contributed by atoms with Crippen molar-refractivity contribution < 1.29 is 23.4 Å².